The lowest BCUT2D eigenvalue weighted by Crippen LogP contribution is -2.28. The third kappa shape index (κ3) is 4.18. The van der Waals surface area contributed by atoms with Gasteiger partial charge in [0, 0.05) is 10.9 Å². The second-order valence-electron chi connectivity index (χ2n) is 7.61. The van der Waals surface area contributed by atoms with E-state index in [0.29, 0.717) is 29.0 Å². The lowest BCUT2D eigenvalue weighted by molar-refractivity contribution is -0.117. The summed E-state index contributed by atoms with van der Waals surface area (Å²) in [5.41, 5.74) is 2.29. The van der Waals surface area contributed by atoms with Gasteiger partial charge in [-0.25, -0.2) is 0 Å². The minimum absolute atomic E-state index is 0.0917. The van der Waals surface area contributed by atoms with Crippen LogP contribution in [-0.4, -0.2) is 34.8 Å². The molecule has 0 saturated heterocycles. The van der Waals surface area contributed by atoms with Gasteiger partial charge in [-0.2, -0.15) is 0 Å². The summed E-state index contributed by atoms with van der Waals surface area (Å²) in [6.45, 7) is 0.191. The Morgan fingerprint density at radius 1 is 0.971 bits per heavy atom. The van der Waals surface area contributed by atoms with Crippen molar-refractivity contribution < 1.29 is 24.2 Å². The van der Waals surface area contributed by atoms with Gasteiger partial charge in [0.15, 0.2) is 17.2 Å². The maximum absolute atomic E-state index is 12.4. The van der Waals surface area contributed by atoms with Crippen molar-refractivity contribution in [1.82, 2.24) is 9.88 Å². The molecule has 4 aromatic rings. The molecule has 0 saturated carbocycles. The number of hydrogen-bond donors (Lipinski definition) is 2. The van der Waals surface area contributed by atoms with Crippen molar-refractivity contribution in [3.63, 3.8) is 0 Å². The minimum Gasteiger partial charge on any atom is -0.493 e. The molecule has 34 heavy (non-hydrogen) atoms. The summed E-state index contributed by atoms with van der Waals surface area (Å²) in [6, 6.07) is 21.8. The summed E-state index contributed by atoms with van der Waals surface area (Å²) in [6.07, 6.45) is 0. The number of aromatic nitrogens is 1. The number of nitrogens with zero attached hydrogens (tertiary/aromatic N) is 3. The highest BCUT2D eigenvalue weighted by Gasteiger charge is 2.18. The smallest absolute Gasteiger partial charge is 0.283 e. The van der Waals surface area contributed by atoms with Crippen LogP contribution in [0.4, 0.5) is 5.69 Å². The molecule has 170 valence electrons. The zero-order chi connectivity index (χ0) is 23.5. The normalized spacial score (nSPS) is 12.4. The molecule has 0 aliphatic carbocycles. The van der Waals surface area contributed by atoms with Gasteiger partial charge in [0.2, 0.25) is 12.7 Å². The Labute approximate surface area is 194 Å². The topological polar surface area (TPSA) is 115 Å². The van der Waals surface area contributed by atoms with E-state index in [1.165, 1.54) is 0 Å². The van der Waals surface area contributed by atoms with Crippen LogP contribution in [0, 0.1) is 0 Å². The number of ether oxygens (including phenoxy) is 2. The molecule has 0 bridgehead atoms. The van der Waals surface area contributed by atoms with Gasteiger partial charge in [0.1, 0.15) is 6.54 Å². The predicted molar refractivity (Wildman–Crippen MR) is 124 cm³/mol. The van der Waals surface area contributed by atoms with Gasteiger partial charge in [0.05, 0.1) is 12.1 Å². The number of fused-ring (bicyclic) bond motifs is 2. The van der Waals surface area contributed by atoms with Crippen molar-refractivity contribution in [2.45, 2.75) is 6.54 Å². The number of rotatable bonds is 6. The molecule has 9 heteroatoms. The fourth-order valence-electron chi connectivity index (χ4n) is 3.73. The molecule has 0 fully saturated rings. The molecule has 2 N–H and O–H groups in total. The van der Waals surface area contributed by atoms with Crippen LogP contribution in [0.15, 0.2) is 83.0 Å². The Kier molecular flexibility index (Phi) is 5.65. The summed E-state index contributed by atoms with van der Waals surface area (Å²) < 4.78 is 12.2. The zero-order valence-corrected chi connectivity index (χ0v) is 18.0. The number of carbonyl (C=O) groups is 2. The Morgan fingerprint density at radius 2 is 1.74 bits per heavy atom. The first-order valence-corrected chi connectivity index (χ1v) is 10.6. The van der Waals surface area contributed by atoms with E-state index in [0.717, 1.165) is 11.1 Å². The minimum atomic E-state index is -0.659. The zero-order valence-electron chi connectivity index (χ0n) is 18.0. The van der Waals surface area contributed by atoms with E-state index in [1.54, 1.807) is 28.8 Å². The first kappa shape index (κ1) is 21.2. The molecule has 3 aromatic carbocycles. The summed E-state index contributed by atoms with van der Waals surface area (Å²) in [7, 11) is 0. The lowest BCUT2D eigenvalue weighted by Gasteiger charge is -2.06. The van der Waals surface area contributed by atoms with E-state index in [9.17, 15) is 14.7 Å². The van der Waals surface area contributed by atoms with Crippen LogP contribution in [0.3, 0.4) is 0 Å². The van der Waals surface area contributed by atoms with E-state index >= 15 is 0 Å². The molecule has 5 rings (SSSR count). The number of benzene rings is 3. The van der Waals surface area contributed by atoms with Crippen molar-refractivity contribution in [1.29, 1.82) is 0 Å². The maximum atomic E-state index is 12.4. The van der Waals surface area contributed by atoms with Crippen LogP contribution in [-0.2, 0) is 11.3 Å². The maximum Gasteiger partial charge on any atom is 0.283 e. The first-order valence-electron chi connectivity index (χ1n) is 10.6. The monoisotopic (exact) mass is 456 g/mol. The number of para-hydroxylation sites is 1. The Morgan fingerprint density at radius 3 is 2.59 bits per heavy atom. The number of aromatic hydroxyl groups is 1. The van der Waals surface area contributed by atoms with Gasteiger partial charge in [-0.3, -0.25) is 9.59 Å². The Hall–Kier alpha value is -4.66. The molecule has 1 aliphatic heterocycles. The highest BCUT2D eigenvalue weighted by atomic mass is 16.7. The molecular formula is C25H20N4O5. The molecule has 2 amide bonds. The van der Waals surface area contributed by atoms with Crippen molar-refractivity contribution in [3.05, 3.63) is 83.9 Å². The van der Waals surface area contributed by atoms with E-state index in [2.05, 4.69) is 15.5 Å². The summed E-state index contributed by atoms with van der Waals surface area (Å²) in [5.74, 6) is -0.169. The highest BCUT2D eigenvalue weighted by Crippen LogP contribution is 2.39. The molecule has 2 heterocycles. The molecular weight excluding hydrogens is 436 g/mol. The van der Waals surface area contributed by atoms with E-state index in [1.807, 2.05) is 48.5 Å². The molecule has 0 radical (unpaired) electrons. The molecule has 0 atom stereocenters. The van der Waals surface area contributed by atoms with Crippen LogP contribution in [0.25, 0.3) is 10.9 Å². The van der Waals surface area contributed by atoms with Gasteiger partial charge in [-0.15, -0.1) is 10.2 Å². The van der Waals surface area contributed by atoms with Crippen LogP contribution < -0.4 is 14.8 Å². The second kappa shape index (κ2) is 9.07. The van der Waals surface area contributed by atoms with Gasteiger partial charge in [-0.1, -0.05) is 48.5 Å². The van der Waals surface area contributed by atoms with Crippen LogP contribution >= 0.6 is 0 Å². The second-order valence-corrected chi connectivity index (χ2v) is 7.61. The van der Waals surface area contributed by atoms with Crippen molar-refractivity contribution >= 4 is 28.4 Å². The van der Waals surface area contributed by atoms with E-state index in [4.69, 9.17) is 9.47 Å². The number of carbonyl (C=O) groups excluding carboxylic acids is 2. The summed E-state index contributed by atoms with van der Waals surface area (Å²) in [5, 5.41) is 21.7. The number of nitrogens with one attached hydrogen (secondary N) is 1. The van der Waals surface area contributed by atoms with Crippen LogP contribution in [0.5, 0.6) is 17.4 Å². The van der Waals surface area contributed by atoms with Gasteiger partial charge in [0.25, 0.3) is 11.8 Å². The largest absolute Gasteiger partial charge is 0.493 e. The van der Waals surface area contributed by atoms with E-state index < -0.39 is 11.8 Å². The SMILES string of the molecule is O=C(CNC(=O)c1ccc2c(c1)OCO2)N=Nc1c(O)n(Cc2ccccc2)c2ccccc12. The average Bonchev–Trinajstić information content (AvgIpc) is 3.44. The lowest BCUT2D eigenvalue weighted by atomic mass is 10.2. The number of azo groups is 1. The van der Waals surface area contributed by atoms with Gasteiger partial charge < -0.3 is 24.5 Å². The number of hydrogen-bond acceptors (Lipinski definition) is 6. The predicted octanol–water partition coefficient (Wildman–Crippen LogP) is 4.16. The van der Waals surface area contributed by atoms with Crippen LogP contribution in [0.1, 0.15) is 15.9 Å². The van der Waals surface area contributed by atoms with Crippen molar-refractivity contribution in [3.8, 4) is 17.4 Å². The van der Waals surface area contributed by atoms with Gasteiger partial charge >= 0.3 is 0 Å². The van der Waals surface area contributed by atoms with Crippen molar-refractivity contribution in [2.24, 2.45) is 10.2 Å². The highest BCUT2D eigenvalue weighted by molar-refractivity contribution is 5.98. The Bertz CT molecular complexity index is 1410. The third-order valence-electron chi connectivity index (χ3n) is 5.40. The van der Waals surface area contributed by atoms with Gasteiger partial charge in [-0.05, 0) is 29.8 Å². The third-order valence-corrected chi connectivity index (χ3v) is 5.40. The standard InChI is InChI=1S/C25H20N4O5/c30-22(13-26-24(31)17-10-11-20-21(12-17)34-15-33-20)27-28-23-18-8-4-5-9-19(18)29(25(23)32)14-16-6-2-1-3-7-16/h1-12,32H,13-15H2,(H,26,31). The van der Waals surface area contributed by atoms with Crippen molar-refractivity contribution in [2.75, 3.05) is 13.3 Å². The Balaban J connectivity index is 1.30. The summed E-state index contributed by atoms with van der Waals surface area (Å²) in [4.78, 5) is 24.6. The number of amides is 2. The summed E-state index contributed by atoms with van der Waals surface area (Å²) >= 11 is 0. The molecule has 0 spiro atoms. The molecule has 1 aliphatic rings. The molecule has 1 aromatic heterocycles. The molecule has 0 unspecified atom stereocenters. The fraction of sp³-hybridized carbons (Fsp3) is 0.120. The average molecular weight is 456 g/mol. The quantitative estimate of drug-likeness (QED) is 0.423. The molecule has 9 nitrogen and oxygen atoms in total. The fourth-order valence-corrected chi connectivity index (χ4v) is 3.73. The van der Waals surface area contributed by atoms with Crippen LogP contribution in [0.2, 0.25) is 0 Å². The first-order chi connectivity index (χ1) is 16.6. The van der Waals surface area contributed by atoms with E-state index in [-0.39, 0.29) is 24.9 Å².